The molecule has 0 bridgehead atoms. The number of thiophene rings is 1. The minimum atomic E-state index is -0.134. The lowest BCUT2D eigenvalue weighted by Crippen LogP contribution is -2.22. The van der Waals surface area contributed by atoms with Crippen molar-refractivity contribution >= 4 is 28.8 Å². The van der Waals surface area contributed by atoms with Crippen molar-refractivity contribution in [1.82, 2.24) is 24.7 Å². The van der Waals surface area contributed by atoms with Gasteiger partial charge >= 0.3 is 0 Å². The SMILES string of the molecule is O=c1c(-c2cc(NCc3ccc(Cl)s3)n[nH]2)cccn1Cc1ncccn1. The maximum absolute atomic E-state index is 12.8. The fourth-order valence-corrected chi connectivity index (χ4v) is 3.63. The topological polar surface area (TPSA) is 88.5 Å². The van der Waals surface area contributed by atoms with Crippen LogP contribution in [-0.2, 0) is 13.1 Å². The number of rotatable bonds is 6. The van der Waals surface area contributed by atoms with E-state index in [4.69, 9.17) is 11.6 Å². The van der Waals surface area contributed by atoms with Gasteiger partial charge < -0.3 is 9.88 Å². The first-order chi connectivity index (χ1) is 13.2. The number of hydrogen-bond acceptors (Lipinski definition) is 6. The van der Waals surface area contributed by atoms with Crippen LogP contribution in [0, 0.1) is 0 Å². The van der Waals surface area contributed by atoms with Crippen molar-refractivity contribution in [3.05, 3.63) is 80.4 Å². The van der Waals surface area contributed by atoms with Crippen LogP contribution in [-0.4, -0.2) is 24.7 Å². The molecular weight excluding hydrogens is 384 g/mol. The van der Waals surface area contributed by atoms with Crippen molar-refractivity contribution in [2.24, 2.45) is 0 Å². The summed E-state index contributed by atoms with van der Waals surface area (Å²) in [5.41, 5.74) is 1.05. The molecule has 0 aromatic carbocycles. The van der Waals surface area contributed by atoms with Gasteiger partial charge in [0.25, 0.3) is 5.56 Å². The zero-order valence-electron chi connectivity index (χ0n) is 14.1. The zero-order valence-corrected chi connectivity index (χ0v) is 15.7. The molecule has 0 aliphatic heterocycles. The van der Waals surface area contributed by atoms with Gasteiger partial charge in [0.15, 0.2) is 0 Å². The van der Waals surface area contributed by atoms with E-state index >= 15 is 0 Å². The van der Waals surface area contributed by atoms with Crippen LogP contribution in [0.3, 0.4) is 0 Å². The number of H-pyrrole nitrogens is 1. The number of pyridine rings is 1. The highest BCUT2D eigenvalue weighted by atomic mass is 35.5. The van der Waals surface area contributed by atoms with Gasteiger partial charge in [-0.05, 0) is 30.3 Å². The van der Waals surface area contributed by atoms with E-state index in [1.165, 1.54) is 11.3 Å². The molecule has 0 amide bonds. The van der Waals surface area contributed by atoms with E-state index in [1.807, 2.05) is 24.3 Å². The lowest BCUT2D eigenvalue weighted by Gasteiger charge is -2.06. The Bertz CT molecular complexity index is 1100. The van der Waals surface area contributed by atoms with E-state index in [1.54, 1.807) is 35.3 Å². The molecule has 2 N–H and O–H groups in total. The van der Waals surface area contributed by atoms with Crippen molar-refractivity contribution in [3.8, 4) is 11.3 Å². The number of aromatic amines is 1. The zero-order chi connectivity index (χ0) is 18.6. The van der Waals surface area contributed by atoms with Gasteiger partial charge in [0, 0.05) is 29.5 Å². The molecular formula is C18H15ClN6OS. The van der Waals surface area contributed by atoms with Crippen LogP contribution in [0.15, 0.2) is 59.8 Å². The summed E-state index contributed by atoms with van der Waals surface area (Å²) in [6.07, 6.45) is 5.04. The van der Waals surface area contributed by atoms with Gasteiger partial charge in [-0.25, -0.2) is 9.97 Å². The van der Waals surface area contributed by atoms with Crippen molar-refractivity contribution in [2.75, 3.05) is 5.32 Å². The molecule has 0 aliphatic rings. The summed E-state index contributed by atoms with van der Waals surface area (Å²) in [7, 11) is 0. The molecule has 0 radical (unpaired) electrons. The van der Waals surface area contributed by atoms with E-state index in [2.05, 4.69) is 25.5 Å². The summed E-state index contributed by atoms with van der Waals surface area (Å²) >= 11 is 7.45. The van der Waals surface area contributed by atoms with Gasteiger partial charge in [-0.3, -0.25) is 9.89 Å². The molecule has 4 aromatic heterocycles. The van der Waals surface area contributed by atoms with Gasteiger partial charge in [-0.2, -0.15) is 5.10 Å². The lowest BCUT2D eigenvalue weighted by atomic mass is 10.2. The predicted molar refractivity (Wildman–Crippen MR) is 106 cm³/mol. The van der Waals surface area contributed by atoms with Gasteiger partial charge in [0.2, 0.25) is 0 Å². The van der Waals surface area contributed by atoms with Crippen molar-refractivity contribution < 1.29 is 0 Å². The molecule has 0 fully saturated rings. The lowest BCUT2D eigenvalue weighted by molar-refractivity contribution is 0.715. The van der Waals surface area contributed by atoms with Crippen LogP contribution in [0.5, 0.6) is 0 Å². The Labute approximate surface area is 163 Å². The molecule has 0 saturated heterocycles. The van der Waals surface area contributed by atoms with Gasteiger partial charge in [0.1, 0.15) is 11.6 Å². The van der Waals surface area contributed by atoms with Crippen LogP contribution in [0.2, 0.25) is 4.34 Å². The highest BCUT2D eigenvalue weighted by Crippen LogP contribution is 2.23. The first-order valence-electron chi connectivity index (χ1n) is 8.18. The molecule has 0 saturated carbocycles. The number of nitrogens with zero attached hydrogens (tertiary/aromatic N) is 4. The highest BCUT2D eigenvalue weighted by molar-refractivity contribution is 7.16. The van der Waals surface area contributed by atoms with E-state index in [0.29, 0.717) is 36.0 Å². The summed E-state index contributed by atoms with van der Waals surface area (Å²) in [5, 5.41) is 10.4. The second kappa shape index (κ2) is 7.73. The Kier molecular flexibility index (Phi) is 4.99. The van der Waals surface area contributed by atoms with E-state index < -0.39 is 0 Å². The molecule has 4 rings (SSSR count). The fraction of sp³-hybridized carbons (Fsp3) is 0.111. The molecule has 27 heavy (non-hydrogen) atoms. The Hall–Kier alpha value is -2.97. The number of anilines is 1. The Morgan fingerprint density at radius 3 is 2.81 bits per heavy atom. The normalized spacial score (nSPS) is 10.9. The second-order valence-electron chi connectivity index (χ2n) is 5.75. The molecule has 9 heteroatoms. The van der Waals surface area contributed by atoms with Crippen LogP contribution < -0.4 is 10.9 Å². The van der Waals surface area contributed by atoms with Crippen molar-refractivity contribution in [1.29, 1.82) is 0 Å². The molecule has 136 valence electrons. The quantitative estimate of drug-likeness (QED) is 0.519. The minimum absolute atomic E-state index is 0.134. The predicted octanol–water partition coefficient (Wildman–Crippen LogP) is 3.40. The third-order valence-corrected chi connectivity index (χ3v) is 5.12. The maximum Gasteiger partial charge on any atom is 0.260 e. The van der Waals surface area contributed by atoms with E-state index in [-0.39, 0.29) is 5.56 Å². The molecule has 0 unspecified atom stereocenters. The van der Waals surface area contributed by atoms with Crippen molar-refractivity contribution in [2.45, 2.75) is 13.1 Å². The third-order valence-electron chi connectivity index (χ3n) is 3.89. The molecule has 7 nitrogen and oxygen atoms in total. The summed E-state index contributed by atoms with van der Waals surface area (Å²) < 4.78 is 2.33. The first-order valence-corrected chi connectivity index (χ1v) is 9.38. The second-order valence-corrected chi connectivity index (χ2v) is 7.55. The van der Waals surface area contributed by atoms with Crippen molar-refractivity contribution in [3.63, 3.8) is 0 Å². The highest BCUT2D eigenvalue weighted by Gasteiger charge is 2.10. The molecule has 0 aliphatic carbocycles. The fourth-order valence-electron chi connectivity index (χ4n) is 2.60. The number of aromatic nitrogens is 5. The van der Waals surface area contributed by atoms with Crippen LogP contribution in [0.4, 0.5) is 5.82 Å². The molecule has 0 atom stereocenters. The van der Waals surface area contributed by atoms with E-state index in [9.17, 15) is 4.79 Å². The van der Waals surface area contributed by atoms with Gasteiger partial charge in [-0.1, -0.05) is 11.6 Å². The number of hydrogen-bond donors (Lipinski definition) is 2. The van der Waals surface area contributed by atoms with Crippen LogP contribution in [0.1, 0.15) is 10.7 Å². The Balaban J connectivity index is 1.52. The molecule has 4 heterocycles. The average Bonchev–Trinajstić information content (AvgIpc) is 3.31. The Morgan fingerprint density at radius 1 is 1.19 bits per heavy atom. The maximum atomic E-state index is 12.8. The van der Waals surface area contributed by atoms with Crippen LogP contribution in [0.25, 0.3) is 11.3 Å². The average molecular weight is 399 g/mol. The third kappa shape index (κ3) is 4.07. The van der Waals surface area contributed by atoms with Gasteiger partial charge in [-0.15, -0.1) is 11.3 Å². The first kappa shape index (κ1) is 17.4. The summed E-state index contributed by atoms with van der Waals surface area (Å²) in [5.74, 6) is 1.24. The Morgan fingerprint density at radius 2 is 2.04 bits per heavy atom. The molecule has 4 aromatic rings. The van der Waals surface area contributed by atoms with Gasteiger partial charge in [0.05, 0.1) is 28.7 Å². The summed E-state index contributed by atoms with van der Waals surface area (Å²) in [6, 6.07) is 11.0. The summed E-state index contributed by atoms with van der Waals surface area (Å²) in [4.78, 5) is 22.2. The summed E-state index contributed by atoms with van der Waals surface area (Å²) in [6.45, 7) is 0.929. The smallest absolute Gasteiger partial charge is 0.260 e. The number of nitrogens with one attached hydrogen (secondary N) is 2. The van der Waals surface area contributed by atoms with Crippen LogP contribution >= 0.6 is 22.9 Å². The largest absolute Gasteiger partial charge is 0.364 e. The minimum Gasteiger partial charge on any atom is -0.364 e. The monoisotopic (exact) mass is 398 g/mol. The van der Waals surface area contributed by atoms with E-state index in [0.717, 1.165) is 9.21 Å². The number of halogens is 1. The standard InChI is InChI=1S/C18H15ClN6OS/c19-15-5-4-12(27-15)10-22-16-9-14(23-24-16)13-3-1-8-25(18(13)26)11-17-20-6-2-7-21-17/h1-9H,10-11H2,(H2,22,23,24). The molecule has 0 spiro atoms.